The molecule has 2 aromatic rings. The Hall–Kier alpha value is -2.49. The predicted molar refractivity (Wildman–Crippen MR) is 136 cm³/mol. The molecule has 180 valence electrons. The second-order valence-corrected chi connectivity index (χ2v) is 11.1. The minimum Gasteiger partial charge on any atom is -0.421 e. The number of rotatable bonds is 4. The van der Waals surface area contributed by atoms with E-state index in [0.717, 1.165) is 25.7 Å². The van der Waals surface area contributed by atoms with Gasteiger partial charge in [-0.3, -0.25) is 19.8 Å². The maximum atomic E-state index is 13.4. The first-order valence-electron chi connectivity index (χ1n) is 11.1. The van der Waals surface area contributed by atoms with Crippen molar-refractivity contribution >= 4 is 73.4 Å². The lowest BCUT2D eigenvalue weighted by atomic mass is 9.93. The molecule has 3 atom stereocenters. The van der Waals surface area contributed by atoms with Crippen molar-refractivity contribution in [3.8, 4) is 5.75 Å². The number of hydrogen-bond donors (Lipinski definition) is 1. The second-order valence-electron chi connectivity index (χ2n) is 8.94. The van der Waals surface area contributed by atoms with Gasteiger partial charge < -0.3 is 4.74 Å². The highest BCUT2D eigenvalue weighted by Gasteiger charge is 2.49. The predicted octanol–water partition coefficient (Wildman–Crippen LogP) is 5.73. The molecule has 5 rings (SSSR count). The van der Waals surface area contributed by atoms with Gasteiger partial charge in [0.25, 0.3) is 11.8 Å². The number of esters is 1. The van der Waals surface area contributed by atoms with Crippen molar-refractivity contribution in [1.82, 2.24) is 10.2 Å². The average molecular weight is 623 g/mol. The number of ether oxygens (including phenoxy) is 1. The summed E-state index contributed by atoms with van der Waals surface area (Å²) in [5.74, 6) is -1.16. The number of nitrogens with zero attached hydrogens (tertiary/aromatic N) is 1. The lowest BCUT2D eigenvalue weighted by Crippen LogP contribution is -2.58. The summed E-state index contributed by atoms with van der Waals surface area (Å²) in [5, 5.41) is 2.78. The normalized spacial score (nSPS) is 24.8. The SMILES string of the molecule is O=C1NC(=O)N([C@H]2C[C@H]3CC[C@H]2C3)C(=O)/C1=C\c1cc(Br)cc(Br)c1OC(=O)c1ccc(Cl)cc1. The molecule has 2 saturated carbocycles. The Morgan fingerprint density at radius 1 is 1.09 bits per heavy atom. The lowest BCUT2D eigenvalue weighted by molar-refractivity contribution is -0.132. The van der Waals surface area contributed by atoms with E-state index in [1.165, 1.54) is 23.1 Å². The summed E-state index contributed by atoms with van der Waals surface area (Å²) in [5.41, 5.74) is 0.401. The Balaban J connectivity index is 1.49. The molecule has 0 aromatic heterocycles. The smallest absolute Gasteiger partial charge is 0.343 e. The minimum absolute atomic E-state index is 0.129. The van der Waals surface area contributed by atoms with Gasteiger partial charge in [0.2, 0.25) is 0 Å². The van der Waals surface area contributed by atoms with Crippen LogP contribution in [0.25, 0.3) is 6.08 Å². The summed E-state index contributed by atoms with van der Waals surface area (Å²) in [7, 11) is 0. The molecule has 10 heteroatoms. The zero-order valence-corrected chi connectivity index (χ0v) is 22.2. The van der Waals surface area contributed by atoms with E-state index in [4.69, 9.17) is 16.3 Å². The van der Waals surface area contributed by atoms with Crippen LogP contribution in [0.5, 0.6) is 5.75 Å². The van der Waals surface area contributed by atoms with Crippen LogP contribution >= 0.6 is 43.5 Å². The van der Waals surface area contributed by atoms with Crippen LogP contribution in [0.4, 0.5) is 4.79 Å². The van der Waals surface area contributed by atoms with Gasteiger partial charge in [-0.25, -0.2) is 9.59 Å². The number of hydrogen-bond acceptors (Lipinski definition) is 5. The van der Waals surface area contributed by atoms with Crippen LogP contribution in [0, 0.1) is 11.8 Å². The first kappa shape index (κ1) is 24.2. The zero-order valence-electron chi connectivity index (χ0n) is 18.2. The number of benzene rings is 2. The monoisotopic (exact) mass is 620 g/mol. The summed E-state index contributed by atoms with van der Waals surface area (Å²) in [4.78, 5) is 52.7. The molecular formula is C25H19Br2ClN2O5. The standard InChI is InChI=1S/C25H19Br2ClN2O5/c26-16-9-15(21(19(27)11-16)35-24(33)13-3-5-17(28)6-4-13)10-18-22(31)29-25(34)30(23(18)32)20-8-12-1-2-14(20)7-12/h3-6,9-12,14,20H,1-2,7-8H2,(H,29,31,34)/b18-10-/t12-,14-,20-/m0/s1. The number of imide groups is 2. The van der Waals surface area contributed by atoms with Crippen LogP contribution in [0.2, 0.25) is 5.02 Å². The van der Waals surface area contributed by atoms with Crippen LogP contribution in [0.3, 0.4) is 0 Å². The largest absolute Gasteiger partial charge is 0.421 e. The Morgan fingerprint density at radius 3 is 2.49 bits per heavy atom. The molecule has 1 aliphatic heterocycles. The molecule has 2 bridgehead atoms. The first-order valence-corrected chi connectivity index (χ1v) is 13.0. The molecular weight excluding hydrogens is 604 g/mol. The fourth-order valence-corrected chi connectivity index (χ4v) is 6.65. The molecule has 1 heterocycles. The molecule has 0 radical (unpaired) electrons. The number of fused-ring (bicyclic) bond motifs is 2. The maximum Gasteiger partial charge on any atom is 0.343 e. The summed E-state index contributed by atoms with van der Waals surface area (Å²) in [6.45, 7) is 0. The van der Waals surface area contributed by atoms with Crippen molar-refractivity contribution < 1.29 is 23.9 Å². The summed E-state index contributed by atoms with van der Waals surface area (Å²) in [6, 6.07) is 8.63. The molecule has 2 aliphatic carbocycles. The van der Waals surface area contributed by atoms with E-state index < -0.39 is 23.8 Å². The number of halogens is 3. The molecule has 7 nitrogen and oxygen atoms in total. The second kappa shape index (κ2) is 9.52. The van der Waals surface area contributed by atoms with E-state index in [0.29, 0.717) is 25.4 Å². The van der Waals surface area contributed by atoms with E-state index in [-0.39, 0.29) is 28.8 Å². The zero-order chi connectivity index (χ0) is 24.9. The van der Waals surface area contributed by atoms with E-state index in [1.807, 2.05) is 0 Å². The van der Waals surface area contributed by atoms with Crippen molar-refractivity contribution in [3.05, 3.63) is 67.1 Å². The van der Waals surface area contributed by atoms with Crippen LogP contribution in [0.15, 0.2) is 50.9 Å². The highest BCUT2D eigenvalue weighted by atomic mass is 79.9. The molecule has 35 heavy (non-hydrogen) atoms. The molecule has 0 spiro atoms. The van der Waals surface area contributed by atoms with Gasteiger partial charge in [0, 0.05) is 21.1 Å². The van der Waals surface area contributed by atoms with Gasteiger partial charge in [0.15, 0.2) is 5.75 Å². The van der Waals surface area contributed by atoms with Crippen LogP contribution in [0.1, 0.15) is 41.6 Å². The van der Waals surface area contributed by atoms with Crippen molar-refractivity contribution in [3.63, 3.8) is 0 Å². The summed E-state index contributed by atoms with van der Waals surface area (Å²) < 4.78 is 6.71. The first-order chi connectivity index (χ1) is 16.7. The van der Waals surface area contributed by atoms with E-state index in [2.05, 4.69) is 37.2 Å². The average Bonchev–Trinajstić information content (AvgIpc) is 3.43. The Labute approximate surface area is 223 Å². The third kappa shape index (κ3) is 4.69. The number of carbonyl (C=O) groups excluding carboxylic acids is 4. The van der Waals surface area contributed by atoms with Crippen molar-refractivity contribution in [2.24, 2.45) is 11.8 Å². The van der Waals surface area contributed by atoms with Gasteiger partial charge >= 0.3 is 12.0 Å². The molecule has 3 fully saturated rings. The Morgan fingerprint density at radius 2 is 1.83 bits per heavy atom. The van der Waals surface area contributed by atoms with Gasteiger partial charge in [0.05, 0.1) is 10.0 Å². The molecule has 1 saturated heterocycles. The van der Waals surface area contributed by atoms with Crippen molar-refractivity contribution in [1.29, 1.82) is 0 Å². The van der Waals surface area contributed by atoms with Gasteiger partial charge in [-0.05, 0) is 89.5 Å². The summed E-state index contributed by atoms with van der Waals surface area (Å²) >= 11 is 12.7. The van der Waals surface area contributed by atoms with Gasteiger partial charge in [0.1, 0.15) is 5.57 Å². The highest BCUT2D eigenvalue weighted by molar-refractivity contribution is 9.11. The van der Waals surface area contributed by atoms with E-state index >= 15 is 0 Å². The number of urea groups is 1. The Kier molecular flexibility index (Phi) is 6.59. The molecule has 1 N–H and O–H groups in total. The number of amides is 4. The van der Waals surface area contributed by atoms with Gasteiger partial charge in [-0.1, -0.05) is 34.0 Å². The molecule has 3 aliphatic rings. The fraction of sp³-hybridized carbons (Fsp3) is 0.280. The van der Waals surface area contributed by atoms with Crippen LogP contribution in [-0.4, -0.2) is 34.8 Å². The minimum atomic E-state index is -0.787. The van der Waals surface area contributed by atoms with Crippen molar-refractivity contribution in [2.75, 3.05) is 0 Å². The molecule has 0 unspecified atom stereocenters. The van der Waals surface area contributed by atoms with Crippen LogP contribution in [-0.2, 0) is 9.59 Å². The number of barbiturate groups is 1. The van der Waals surface area contributed by atoms with Gasteiger partial charge in [-0.2, -0.15) is 0 Å². The Bertz CT molecular complexity index is 1290. The molecule has 2 aromatic carbocycles. The van der Waals surface area contributed by atoms with E-state index in [1.54, 1.807) is 24.3 Å². The van der Waals surface area contributed by atoms with Crippen LogP contribution < -0.4 is 10.1 Å². The molecule has 4 amide bonds. The third-order valence-electron chi connectivity index (χ3n) is 6.78. The van der Waals surface area contributed by atoms with E-state index in [9.17, 15) is 19.2 Å². The highest BCUT2D eigenvalue weighted by Crippen LogP contribution is 2.47. The summed E-state index contributed by atoms with van der Waals surface area (Å²) in [6.07, 6.45) is 5.20. The number of nitrogens with one attached hydrogen (secondary N) is 1. The fourth-order valence-electron chi connectivity index (χ4n) is 5.19. The quantitative estimate of drug-likeness (QED) is 0.203. The van der Waals surface area contributed by atoms with Crippen molar-refractivity contribution in [2.45, 2.75) is 31.7 Å². The third-order valence-corrected chi connectivity index (χ3v) is 8.08. The number of carbonyl (C=O) groups is 4. The lowest BCUT2D eigenvalue weighted by Gasteiger charge is -2.35. The van der Waals surface area contributed by atoms with Gasteiger partial charge in [-0.15, -0.1) is 0 Å². The maximum absolute atomic E-state index is 13.4. The topological polar surface area (TPSA) is 92.8 Å².